The number of ether oxygens (including phenoxy) is 1. The quantitative estimate of drug-likeness (QED) is 0.905. The largest absolute Gasteiger partial charge is 0.496 e. The Bertz CT molecular complexity index is 430. The highest BCUT2D eigenvalue weighted by atomic mass is 79.9. The van der Waals surface area contributed by atoms with Crippen molar-refractivity contribution in [1.29, 1.82) is 0 Å². The van der Waals surface area contributed by atoms with E-state index in [1.54, 1.807) is 18.2 Å². The molecule has 0 saturated heterocycles. The molecular weight excluding hydrogens is 270 g/mol. The molecule has 1 aromatic rings. The van der Waals surface area contributed by atoms with E-state index in [1.165, 1.54) is 7.11 Å². The number of primary sulfonamides is 1. The molecule has 0 aliphatic heterocycles. The summed E-state index contributed by atoms with van der Waals surface area (Å²) >= 11 is 3.25. The SMILES string of the molecule is COc1cccc(CS(N)(=O)=O)c1Br. The Morgan fingerprint density at radius 3 is 2.64 bits per heavy atom. The van der Waals surface area contributed by atoms with E-state index in [2.05, 4.69) is 15.9 Å². The van der Waals surface area contributed by atoms with Crippen LogP contribution in [0.15, 0.2) is 22.7 Å². The summed E-state index contributed by atoms with van der Waals surface area (Å²) in [5.74, 6) is 0.385. The van der Waals surface area contributed by atoms with Gasteiger partial charge >= 0.3 is 0 Å². The van der Waals surface area contributed by atoms with Crippen LogP contribution >= 0.6 is 15.9 Å². The molecule has 0 unspecified atom stereocenters. The molecule has 0 radical (unpaired) electrons. The number of methoxy groups -OCH3 is 1. The van der Waals surface area contributed by atoms with Crippen molar-refractivity contribution < 1.29 is 13.2 Å². The van der Waals surface area contributed by atoms with Gasteiger partial charge in [-0.15, -0.1) is 0 Å². The fourth-order valence-corrected chi connectivity index (χ4v) is 2.47. The lowest BCUT2D eigenvalue weighted by atomic mass is 10.2. The first-order chi connectivity index (χ1) is 6.44. The fourth-order valence-electron chi connectivity index (χ4n) is 1.04. The van der Waals surface area contributed by atoms with Gasteiger partial charge in [-0.05, 0) is 27.6 Å². The summed E-state index contributed by atoms with van der Waals surface area (Å²) in [6, 6.07) is 5.12. The van der Waals surface area contributed by atoms with Crippen molar-refractivity contribution in [3.05, 3.63) is 28.2 Å². The molecule has 0 aliphatic rings. The molecule has 0 fully saturated rings. The Hall–Kier alpha value is -0.590. The van der Waals surface area contributed by atoms with Crippen LogP contribution < -0.4 is 9.88 Å². The van der Waals surface area contributed by atoms with Crippen LogP contribution in [0.5, 0.6) is 5.75 Å². The molecule has 78 valence electrons. The third kappa shape index (κ3) is 2.97. The van der Waals surface area contributed by atoms with Crippen molar-refractivity contribution in [2.75, 3.05) is 7.11 Å². The topological polar surface area (TPSA) is 69.4 Å². The summed E-state index contributed by atoms with van der Waals surface area (Å²) in [6.45, 7) is 0. The van der Waals surface area contributed by atoms with Crippen LogP contribution in [-0.4, -0.2) is 15.5 Å². The Balaban J connectivity index is 3.10. The van der Waals surface area contributed by atoms with Crippen molar-refractivity contribution in [3.63, 3.8) is 0 Å². The van der Waals surface area contributed by atoms with Gasteiger partial charge in [-0.25, -0.2) is 13.6 Å². The van der Waals surface area contributed by atoms with E-state index in [9.17, 15) is 8.42 Å². The molecule has 1 rings (SSSR count). The Morgan fingerprint density at radius 2 is 2.14 bits per heavy atom. The highest BCUT2D eigenvalue weighted by molar-refractivity contribution is 9.10. The molecule has 14 heavy (non-hydrogen) atoms. The Labute approximate surface area is 91.2 Å². The van der Waals surface area contributed by atoms with E-state index in [0.717, 1.165) is 0 Å². The number of hydrogen-bond donors (Lipinski definition) is 1. The zero-order chi connectivity index (χ0) is 10.8. The van der Waals surface area contributed by atoms with Gasteiger partial charge in [0, 0.05) is 0 Å². The predicted octanol–water partition coefficient (Wildman–Crippen LogP) is 1.25. The summed E-state index contributed by atoms with van der Waals surface area (Å²) in [5, 5.41) is 4.94. The molecule has 0 spiro atoms. The number of rotatable bonds is 3. The molecule has 0 heterocycles. The first kappa shape index (κ1) is 11.5. The summed E-state index contributed by atoms with van der Waals surface area (Å²) in [5.41, 5.74) is 0.590. The van der Waals surface area contributed by atoms with Crippen LogP contribution in [0.2, 0.25) is 0 Å². The summed E-state index contributed by atoms with van der Waals surface area (Å²) in [7, 11) is -2.00. The average molecular weight is 280 g/mol. The number of halogens is 1. The minimum Gasteiger partial charge on any atom is -0.496 e. The summed E-state index contributed by atoms with van der Waals surface area (Å²) in [6.07, 6.45) is 0. The Morgan fingerprint density at radius 1 is 1.50 bits per heavy atom. The molecule has 0 aromatic heterocycles. The molecule has 1 aromatic carbocycles. The molecule has 4 nitrogen and oxygen atoms in total. The van der Waals surface area contributed by atoms with E-state index in [-0.39, 0.29) is 5.75 Å². The average Bonchev–Trinajstić information content (AvgIpc) is 2.06. The summed E-state index contributed by atoms with van der Waals surface area (Å²) in [4.78, 5) is 0. The number of sulfonamides is 1. The second kappa shape index (κ2) is 4.29. The minimum absolute atomic E-state index is 0.204. The molecule has 6 heteroatoms. The first-order valence-electron chi connectivity index (χ1n) is 3.76. The van der Waals surface area contributed by atoms with Crippen molar-refractivity contribution in [2.45, 2.75) is 5.75 Å². The monoisotopic (exact) mass is 279 g/mol. The molecule has 0 aliphatic carbocycles. The van der Waals surface area contributed by atoms with Gasteiger partial charge in [-0.1, -0.05) is 12.1 Å². The highest BCUT2D eigenvalue weighted by Crippen LogP contribution is 2.28. The fraction of sp³-hybridized carbons (Fsp3) is 0.250. The standard InChI is InChI=1S/C8H10BrNO3S/c1-13-7-4-2-3-6(8(7)9)5-14(10,11)12/h2-4H,5H2,1H3,(H2,10,11,12). The normalized spacial score (nSPS) is 11.4. The maximum atomic E-state index is 10.9. The molecule has 0 bridgehead atoms. The number of hydrogen-bond acceptors (Lipinski definition) is 3. The van der Waals surface area contributed by atoms with Crippen molar-refractivity contribution >= 4 is 26.0 Å². The van der Waals surface area contributed by atoms with Crippen LogP contribution in [-0.2, 0) is 15.8 Å². The minimum atomic E-state index is -3.51. The maximum Gasteiger partial charge on any atom is 0.213 e. The lowest BCUT2D eigenvalue weighted by molar-refractivity contribution is 0.411. The third-order valence-corrected chi connectivity index (χ3v) is 3.23. The van der Waals surface area contributed by atoms with E-state index in [4.69, 9.17) is 9.88 Å². The van der Waals surface area contributed by atoms with Gasteiger partial charge in [-0.2, -0.15) is 0 Å². The molecule has 0 saturated carbocycles. The molecule has 0 amide bonds. The zero-order valence-electron chi connectivity index (χ0n) is 7.53. The van der Waals surface area contributed by atoms with E-state index in [0.29, 0.717) is 15.8 Å². The van der Waals surface area contributed by atoms with Crippen LogP contribution in [0.4, 0.5) is 0 Å². The third-order valence-electron chi connectivity index (χ3n) is 1.62. The molecular formula is C8H10BrNO3S. The second-order valence-corrected chi connectivity index (χ2v) is 5.15. The van der Waals surface area contributed by atoms with Gasteiger partial charge in [-0.3, -0.25) is 0 Å². The van der Waals surface area contributed by atoms with E-state index < -0.39 is 10.0 Å². The van der Waals surface area contributed by atoms with Crippen LogP contribution in [0, 0.1) is 0 Å². The van der Waals surface area contributed by atoms with Gasteiger partial charge in [0.25, 0.3) is 0 Å². The Kier molecular flexibility index (Phi) is 3.52. The van der Waals surface area contributed by atoms with Gasteiger partial charge in [0.2, 0.25) is 10.0 Å². The smallest absolute Gasteiger partial charge is 0.213 e. The van der Waals surface area contributed by atoms with Gasteiger partial charge in [0.15, 0.2) is 0 Å². The maximum absolute atomic E-state index is 10.9. The lowest BCUT2D eigenvalue weighted by Crippen LogP contribution is -2.14. The zero-order valence-corrected chi connectivity index (χ0v) is 9.93. The lowest BCUT2D eigenvalue weighted by Gasteiger charge is -2.07. The van der Waals surface area contributed by atoms with Crippen molar-refractivity contribution in [1.82, 2.24) is 0 Å². The first-order valence-corrected chi connectivity index (χ1v) is 6.27. The van der Waals surface area contributed by atoms with Gasteiger partial charge in [0.1, 0.15) is 5.75 Å². The van der Waals surface area contributed by atoms with E-state index in [1.807, 2.05) is 0 Å². The number of nitrogens with two attached hydrogens (primary N) is 1. The van der Waals surface area contributed by atoms with E-state index >= 15 is 0 Å². The highest BCUT2D eigenvalue weighted by Gasteiger charge is 2.11. The van der Waals surface area contributed by atoms with Gasteiger partial charge < -0.3 is 4.74 Å². The van der Waals surface area contributed by atoms with Gasteiger partial charge in [0.05, 0.1) is 17.3 Å². The molecule has 2 N–H and O–H groups in total. The van der Waals surface area contributed by atoms with Crippen molar-refractivity contribution in [2.24, 2.45) is 5.14 Å². The second-order valence-electron chi connectivity index (χ2n) is 2.74. The van der Waals surface area contributed by atoms with Crippen LogP contribution in [0.3, 0.4) is 0 Å². The van der Waals surface area contributed by atoms with Crippen LogP contribution in [0.1, 0.15) is 5.56 Å². The number of benzene rings is 1. The molecule has 0 atom stereocenters. The summed E-state index contributed by atoms with van der Waals surface area (Å²) < 4.78 is 27.4. The van der Waals surface area contributed by atoms with Crippen molar-refractivity contribution in [3.8, 4) is 5.75 Å². The van der Waals surface area contributed by atoms with Crippen LogP contribution in [0.25, 0.3) is 0 Å². The predicted molar refractivity (Wildman–Crippen MR) is 57.5 cm³/mol.